The Morgan fingerprint density at radius 3 is 2.64 bits per heavy atom. The van der Waals surface area contributed by atoms with Crippen molar-refractivity contribution in [3.63, 3.8) is 0 Å². The molecule has 0 radical (unpaired) electrons. The maximum absolute atomic E-state index is 6.12. The zero-order valence-corrected chi connectivity index (χ0v) is 15.4. The summed E-state index contributed by atoms with van der Waals surface area (Å²) in [5.74, 6) is 1.83. The maximum Gasteiger partial charge on any atom is 0.291 e. The van der Waals surface area contributed by atoms with Crippen molar-refractivity contribution >= 4 is 23.3 Å². The van der Waals surface area contributed by atoms with Crippen LogP contribution in [0.4, 0.5) is 0 Å². The quantitative estimate of drug-likeness (QED) is 0.835. The zero-order chi connectivity index (χ0) is 16.9. The summed E-state index contributed by atoms with van der Waals surface area (Å²) in [4.78, 5) is 0. The molecule has 3 atom stereocenters. The number of fused-ring (bicyclic) bond motifs is 2. The van der Waals surface area contributed by atoms with E-state index in [4.69, 9.17) is 21.1 Å². The van der Waals surface area contributed by atoms with Gasteiger partial charge in [-0.2, -0.15) is 0 Å². The SMILES string of the molecule is Clc1ccc(C2(COc3nsnc3OC3CC4CNC3C4)CC2)cc1. The van der Waals surface area contributed by atoms with Gasteiger partial charge in [0.15, 0.2) is 0 Å². The highest BCUT2D eigenvalue weighted by Crippen LogP contribution is 2.49. The van der Waals surface area contributed by atoms with Crippen LogP contribution in [0.25, 0.3) is 0 Å². The van der Waals surface area contributed by atoms with Crippen molar-refractivity contribution in [3.05, 3.63) is 34.9 Å². The lowest BCUT2D eigenvalue weighted by Crippen LogP contribution is -2.40. The predicted octanol–water partition coefficient (Wildman–Crippen LogP) is 3.43. The van der Waals surface area contributed by atoms with Crippen molar-refractivity contribution in [2.75, 3.05) is 13.2 Å². The van der Waals surface area contributed by atoms with Crippen molar-refractivity contribution in [1.82, 2.24) is 14.1 Å². The molecule has 2 heterocycles. The van der Waals surface area contributed by atoms with Crippen LogP contribution in [-0.4, -0.2) is 34.0 Å². The van der Waals surface area contributed by atoms with E-state index in [1.54, 1.807) is 0 Å². The first-order chi connectivity index (χ1) is 12.2. The van der Waals surface area contributed by atoms with Crippen molar-refractivity contribution < 1.29 is 9.47 Å². The molecule has 5 nitrogen and oxygen atoms in total. The molecule has 1 aromatic heterocycles. The van der Waals surface area contributed by atoms with Crippen LogP contribution in [0.5, 0.6) is 11.8 Å². The van der Waals surface area contributed by atoms with E-state index >= 15 is 0 Å². The highest BCUT2D eigenvalue weighted by molar-refractivity contribution is 6.99. The second-order valence-electron chi connectivity index (χ2n) is 7.46. The summed E-state index contributed by atoms with van der Waals surface area (Å²) in [7, 11) is 0. The largest absolute Gasteiger partial charge is 0.472 e. The number of nitrogens with zero attached hydrogens (tertiary/aromatic N) is 2. The molecule has 1 aromatic carbocycles. The molecule has 3 unspecified atom stereocenters. The molecule has 1 N–H and O–H groups in total. The second-order valence-corrected chi connectivity index (χ2v) is 8.42. The number of ether oxygens (including phenoxy) is 2. The molecule has 1 aliphatic heterocycles. The minimum absolute atomic E-state index is 0.0828. The van der Waals surface area contributed by atoms with E-state index in [0.29, 0.717) is 24.4 Å². The second kappa shape index (κ2) is 6.11. The van der Waals surface area contributed by atoms with Crippen molar-refractivity contribution in [1.29, 1.82) is 0 Å². The van der Waals surface area contributed by atoms with Gasteiger partial charge in [0.1, 0.15) is 6.10 Å². The molecule has 5 rings (SSSR count). The molecule has 132 valence electrons. The van der Waals surface area contributed by atoms with E-state index < -0.39 is 0 Å². The van der Waals surface area contributed by atoms with Crippen LogP contribution < -0.4 is 14.8 Å². The predicted molar refractivity (Wildman–Crippen MR) is 96.7 cm³/mol. The summed E-state index contributed by atoms with van der Waals surface area (Å²) >= 11 is 7.15. The molecule has 2 saturated carbocycles. The third kappa shape index (κ3) is 3.00. The fourth-order valence-electron chi connectivity index (χ4n) is 4.08. The van der Waals surface area contributed by atoms with Gasteiger partial charge in [0.2, 0.25) is 0 Å². The van der Waals surface area contributed by atoms with Gasteiger partial charge in [0.25, 0.3) is 11.8 Å². The van der Waals surface area contributed by atoms with Crippen LogP contribution in [0.3, 0.4) is 0 Å². The Labute approximate surface area is 156 Å². The molecule has 7 heteroatoms. The van der Waals surface area contributed by atoms with Gasteiger partial charge in [-0.15, -0.1) is 8.75 Å². The number of aromatic nitrogens is 2. The molecular formula is C18H20ClN3O2S. The first-order valence-corrected chi connectivity index (χ1v) is 9.94. The first-order valence-electron chi connectivity index (χ1n) is 8.83. The minimum Gasteiger partial charge on any atom is -0.472 e. The van der Waals surface area contributed by atoms with E-state index in [0.717, 1.165) is 48.5 Å². The van der Waals surface area contributed by atoms with Crippen LogP contribution in [-0.2, 0) is 5.41 Å². The summed E-state index contributed by atoms with van der Waals surface area (Å²) in [6.45, 7) is 1.72. The summed E-state index contributed by atoms with van der Waals surface area (Å²) in [6.07, 6.45) is 4.75. The van der Waals surface area contributed by atoms with E-state index in [9.17, 15) is 0 Å². The maximum atomic E-state index is 6.12. The Kier molecular flexibility index (Phi) is 3.87. The molecular weight excluding hydrogens is 358 g/mol. The lowest BCUT2D eigenvalue weighted by atomic mass is 9.97. The average molecular weight is 378 g/mol. The molecule has 1 saturated heterocycles. The third-order valence-electron chi connectivity index (χ3n) is 5.76. The Morgan fingerprint density at radius 2 is 1.96 bits per heavy atom. The van der Waals surface area contributed by atoms with Crippen molar-refractivity contribution in [2.45, 2.75) is 43.2 Å². The molecule has 2 bridgehead atoms. The lowest BCUT2D eigenvalue weighted by molar-refractivity contribution is 0.143. The van der Waals surface area contributed by atoms with Gasteiger partial charge >= 0.3 is 0 Å². The molecule has 0 amide bonds. The smallest absolute Gasteiger partial charge is 0.291 e. The topological polar surface area (TPSA) is 56.3 Å². The Bertz CT molecular complexity index is 762. The Hall–Kier alpha value is -1.37. The van der Waals surface area contributed by atoms with Gasteiger partial charge < -0.3 is 14.8 Å². The summed E-state index contributed by atoms with van der Waals surface area (Å²) in [5, 5.41) is 4.27. The highest BCUT2D eigenvalue weighted by atomic mass is 35.5. The number of piperidine rings is 1. The Morgan fingerprint density at radius 1 is 1.16 bits per heavy atom. The van der Waals surface area contributed by atoms with Gasteiger partial charge in [-0.1, -0.05) is 23.7 Å². The summed E-state index contributed by atoms with van der Waals surface area (Å²) < 4.78 is 20.8. The summed E-state index contributed by atoms with van der Waals surface area (Å²) in [5.41, 5.74) is 1.36. The number of benzene rings is 1. The van der Waals surface area contributed by atoms with E-state index in [1.165, 1.54) is 12.0 Å². The number of rotatable bonds is 6. The van der Waals surface area contributed by atoms with Crippen LogP contribution in [0.2, 0.25) is 5.02 Å². The van der Waals surface area contributed by atoms with Crippen LogP contribution >= 0.6 is 23.3 Å². The fourth-order valence-corrected chi connectivity index (χ4v) is 4.65. The van der Waals surface area contributed by atoms with Gasteiger partial charge in [-0.3, -0.25) is 0 Å². The van der Waals surface area contributed by atoms with Crippen molar-refractivity contribution in [3.8, 4) is 11.8 Å². The molecule has 3 fully saturated rings. The minimum atomic E-state index is 0.0828. The van der Waals surface area contributed by atoms with Crippen LogP contribution in [0, 0.1) is 5.92 Å². The van der Waals surface area contributed by atoms with Crippen LogP contribution in [0.1, 0.15) is 31.2 Å². The highest BCUT2D eigenvalue weighted by Gasteiger charge is 2.46. The van der Waals surface area contributed by atoms with Gasteiger partial charge in [-0.25, -0.2) is 0 Å². The summed E-state index contributed by atoms with van der Waals surface area (Å²) in [6, 6.07) is 8.52. The number of nitrogens with one attached hydrogen (secondary N) is 1. The molecule has 2 aliphatic carbocycles. The van der Waals surface area contributed by atoms with E-state index in [2.05, 4.69) is 26.2 Å². The Balaban J connectivity index is 1.25. The molecule has 3 aliphatic rings. The third-order valence-corrected chi connectivity index (χ3v) is 6.51. The van der Waals surface area contributed by atoms with E-state index in [1.807, 2.05) is 12.1 Å². The molecule has 0 spiro atoms. The van der Waals surface area contributed by atoms with Crippen molar-refractivity contribution in [2.24, 2.45) is 5.92 Å². The van der Waals surface area contributed by atoms with Gasteiger partial charge in [-0.05, 0) is 55.8 Å². The monoisotopic (exact) mass is 377 g/mol. The van der Waals surface area contributed by atoms with Gasteiger partial charge in [0, 0.05) is 16.5 Å². The number of hydrogen-bond acceptors (Lipinski definition) is 6. The molecule has 25 heavy (non-hydrogen) atoms. The number of halogens is 1. The van der Waals surface area contributed by atoms with Gasteiger partial charge in [0.05, 0.1) is 18.3 Å². The first kappa shape index (κ1) is 15.9. The zero-order valence-electron chi connectivity index (χ0n) is 13.8. The lowest BCUT2D eigenvalue weighted by Gasteiger charge is -2.23. The standard InChI is InChI=1S/C18H20ClN3O2S/c19-13-3-1-12(2-4-13)18(5-6-18)10-23-16-17(22-25-21-16)24-15-8-11-7-14(15)20-9-11/h1-4,11,14-15,20H,5-10H2. The fraction of sp³-hybridized carbons (Fsp3) is 0.556. The average Bonchev–Trinajstić information content (AvgIpc) is 2.97. The normalized spacial score (nSPS) is 28.9. The van der Waals surface area contributed by atoms with Crippen LogP contribution in [0.15, 0.2) is 24.3 Å². The molecule has 2 aromatic rings. The number of hydrogen-bond donors (Lipinski definition) is 1. The van der Waals surface area contributed by atoms with E-state index in [-0.39, 0.29) is 11.5 Å².